The lowest BCUT2D eigenvalue weighted by atomic mass is 10.1. The first-order valence-corrected chi connectivity index (χ1v) is 6.70. The van der Waals surface area contributed by atoms with Gasteiger partial charge in [0, 0.05) is 24.8 Å². The molecule has 1 aromatic carbocycles. The molecule has 0 radical (unpaired) electrons. The molecule has 0 aromatic heterocycles. The van der Waals surface area contributed by atoms with Gasteiger partial charge >= 0.3 is 0 Å². The molecule has 0 saturated heterocycles. The van der Waals surface area contributed by atoms with E-state index >= 15 is 0 Å². The third kappa shape index (κ3) is 3.24. The van der Waals surface area contributed by atoms with Crippen LogP contribution in [0.2, 0.25) is 0 Å². The SMILES string of the molecule is CCN(CC(C#N)NC1CC1)c1ccccc1C. The number of likely N-dealkylation sites (N-methyl/N-ethyl adjacent to an activating group) is 1. The van der Waals surface area contributed by atoms with Crippen LogP contribution >= 0.6 is 0 Å². The summed E-state index contributed by atoms with van der Waals surface area (Å²) in [6.07, 6.45) is 2.43. The number of nitrogens with zero attached hydrogens (tertiary/aromatic N) is 2. The van der Waals surface area contributed by atoms with Crippen LogP contribution in [0.15, 0.2) is 24.3 Å². The minimum atomic E-state index is -0.0722. The van der Waals surface area contributed by atoms with E-state index in [1.807, 2.05) is 0 Å². The zero-order valence-electron chi connectivity index (χ0n) is 11.2. The number of aryl methyl sites for hydroxylation is 1. The quantitative estimate of drug-likeness (QED) is 0.834. The van der Waals surface area contributed by atoms with Crippen molar-refractivity contribution in [1.29, 1.82) is 5.26 Å². The van der Waals surface area contributed by atoms with E-state index in [4.69, 9.17) is 0 Å². The molecule has 1 fully saturated rings. The van der Waals surface area contributed by atoms with Crippen molar-refractivity contribution in [3.63, 3.8) is 0 Å². The van der Waals surface area contributed by atoms with E-state index in [9.17, 15) is 5.26 Å². The predicted octanol–water partition coefficient (Wildman–Crippen LogP) is 2.47. The van der Waals surface area contributed by atoms with Gasteiger partial charge in [-0.2, -0.15) is 5.26 Å². The van der Waals surface area contributed by atoms with Gasteiger partial charge in [-0.15, -0.1) is 0 Å². The Bertz CT molecular complexity index is 432. The van der Waals surface area contributed by atoms with Crippen molar-refractivity contribution in [3.05, 3.63) is 29.8 Å². The van der Waals surface area contributed by atoms with E-state index in [0.717, 1.165) is 13.1 Å². The number of hydrogen-bond acceptors (Lipinski definition) is 3. The Morgan fingerprint density at radius 2 is 2.17 bits per heavy atom. The van der Waals surface area contributed by atoms with Gasteiger partial charge in [0.15, 0.2) is 0 Å². The Labute approximate surface area is 109 Å². The van der Waals surface area contributed by atoms with Crippen molar-refractivity contribution in [2.75, 3.05) is 18.0 Å². The molecule has 1 aliphatic carbocycles. The molecular weight excluding hydrogens is 222 g/mol. The van der Waals surface area contributed by atoms with Gasteiger partial charge in [-0.25, -0.2) is 0 Å². The average molecular weight is 243 g/mol. The Hall–Kier alpha value is -1.53. The molecule has 0 aliphatic heterocycles. The minimum Gasteiger partial charge on any atom is -0.369 e. The van der Waals surface area contributed by atoms with Crippen LogP contribution in [0, 0.1) is 18.3 Å². The van der Waals surface area contributed by atoms with Crippen LogP contribution in [0.1, 0.15) is 25.3 Å². The van der Waals surface area contributed by atoms with E-state index in [-0.39, 0.29) is 6.04 Å². The van der Waals surface area contributed by atoms with Crippen LogP contribution in [0.5, 0.6) is 0 Å². The zero-order chi connectivity index (χ0) is 13.0. The van der Waals surface area contributed by atoms with Crippen molar-refractivity contribution in [2.45, 2.75) is 38.8 Å². The van der Waals surface area contributed by atoms with Gasteiger partial charge in [0.25, 0.3) is 0 Å². The summed E-state index contributed by atoms with van der Waals surface area (Å²) < 4.78 is 0. The fourth-order valence-corrected chi connectivity index (χ4v) is 2.20. The summed E-state index contributed by atoms with van der Waals surface area (Å²) in [5, 5.41) is 12.6. The smallest absolute Gasteiger partial charge is 0.113 e. The number of nitriles is 1. The second kappa shape index (κ2) is 5.88. The third-order valence-corrected chi connectivity index (χ3v) is 3.41. The minimum absolute atomic E-state index is 0.0722. The fourth-order valence-electron chi connectivity index (χ4n) is 2.20. The van der Waals surface area contributed by atoms with Crippen molar-refractivity contribution < 1.29 is 0 Å². The van der Waals surface area contributed by atoms with Crippen LogP contribution in [0.3, 0.4) is 0 Å². The molecule has 0 amide bonds. The van der Waals surface area contributed by atoms with E-state index in [1.165, 1.54) is 24.1 Å². The van der Waals surface area contributed by atoms with Gasteiger partial charge in [-0.1, -0.05) is 18.2 Å². The molecular formula is C15H21N3. The van der Waals surface area contributed by atoms with Crippen LogP contribution in [0.4, 0.5) is 5.69 Å². The maximum absolute atomic E-state index is 9.22. The summed E-state index contributed by atoms with van der Waals surface area (Å²) in [6.45, 7) is 5.94. The molecule has 3 heteroatoms. The zero-order valence-corrected chi connectivity index (χ0v) is 11.2. The van der Waals surface area contributed by atoms with Crippen molar-refractivity contribution in [3.8, 4) is 6.07 Å². The molecule has 0 bridgehead atoms. The number of rotatable bonds is 6. The third-order valence-electron chi connectivity index (χ3n) is 3.41. The topological polar surface area (TPSA) is 39.1 Å². The lowest BCUT2D eigenvalue weighted by molar-refractivity contribution is 0.583. The van der Waals surface area contributed by atoms with E-state index in [1.54, 1.807) is 0 Å². The molecule has 96 valence electrons. The van der Waals surface area contributed by atoms with Crippen molar-refractivity contribution in [2.24, 2.45) is 0 Å². The Morgan fingerprint density at radius 1 is 1.44 bits per heavy atom. The second-order valence-electron chi connectivity index (χ2n) is 4.95. The van der Waals surface area contributed by atoms with Gasteiger partial charge in [0.1, 0.15) is 6.04 Å². The van der Waals surface area contributed by atoms with E-state index < -0.39 is 0 Å². The molecule has 1 unspecified atom stereocenters. The summed E-state index contributed by atoms with van der Waals surface area (Å²) in [5.74, 6) is 0. The molecule has 3 nitrogen and oxygen atoms in total. The van der Waals surface area contributed by atoms with Gasteiger partial charge in [0.2, 0.25) is 0 Å². The maximum atomic E-state index is 9.22. The maximum Gasteiger partial charge on any atom is 0.113 e. The molecule has 1 N–H and O–H groups in total. The molecule has 1 atom stereocenters. The molecule has 2 rings (SSSR count). The number of nitrogens with one attached hydrogen (secondary N) is 1. The van der Waals surface area contributed by atoms with Crippen LogP contribution in [-0.2, 0) is 0 Å². The highest BCUT2D eigenvalue weighted by molar-refractivity contribution is 5.53. The first-order chi connectivity index (χ1) is 8.74. The molecule has 0 heterocycles. The highest BCUT2D eigenvalue weighted by atomic mass is 15.2. The highest BCUT2D eigenvalue weighted by Crippen LogP contribution is 2.22. The number of benzene rings is 1. The largest absolute Gasteiger partial charge is 0.369 e. The van der Waals surface area contributed by atoms with E-state index in [0.29, 0.717) is 6.04 Å². The fraction of sp³-hybridized carbons (Fsp3) is 0.533. The van der Waals surface area contributed by atoms with Crippen LogP contribution < -0.4 is 10.2 Å². The lowest BCUT2D eigenvalue weighted by Gasteiger charge is -2.27. The number of hydrogen-bond donors (Lipinski definition) is 1. The molecule has 18 heavy (non-hydrogen) atoms. The van der Waals surface area contributed by atoms with Gasteiger partial charge in [-0.05, 0) is 38.3 Å². The average Bonchev–Trinajstić information content (AvgIpc) is 3.19. The van der Waals surface area contributed by atoms with Crippen LogP contribution in [0.25, 0.3) is 0 Å². The summed E-state index contributed by atoms with van der Waals surface area (Å²) >= 11 is 0. The lowest BCUT2D eigenvalue weighted by Crippen LogP contribution is -2.41. The van der Waals surface area contributed by atoms with E-state index in [2.05, 4.69) is 54.4 Å². The summed E-state index contributed by atoms with van der Waals surface area (Å²) in [5.41, 5.74) is 2.50. The highest BCUT2D eigenvalue weighted by Gasteiger charge is 2.25. The summed E-state index contributed by atoms with van der Waals surface area (Å²) in [6, 6.07) is 11.2. The first-order valence-electron chi connectivity index (χ1n) is 6.70. The molecule has 0 spiro atoms. The monoisotopic (exact) mass is 243 g/mol. The first kappa shape index (κ1) is 12.9. The number of anilines is 1. The summed E-state index contributed by atoms with van der Waals surface area (Å²) in [7, 11) is 0. The Kier molecular flexibility index (Phi) is 4.22. The molecule has 1 saturated carbocycles. The predicted molar refractivity (Wildman–Crippen MR) is 74.6 cm³/mol. The molecule has 1 aromatic rings. The van der Waals surface area contributed by atoms with Gasteiger partial charge in [-0.3, -0.25) is 5.32 Å². The summed E-state index contributed by atoms with van der Waals surface area (Å²) in [4.78, 5) is 2.28. The van der Waals surface area contributed by atoms with Gasteiger partial charge in [0.05, 0.1) is 6.07 Å². The molecule has 1 aliphatic rings. The second-order valence-corrected chi connectivity index (χ2v) is 4.95. The normalized spacial score (nSPS) is 16.1. The number of para-hydroxylation sites is 1. The van der Waals surface area contributed by atoms with Gasteiger partial charge < -0.3 is 4.90 Å². The Morgan fingerprint density at radius 3 is 2.72 bits per heavy atom. The Balaban J connectivity index is 2.04. The van der Waals surface area contributed by atoms with Crippen LogP contribution in [-0.4, -0.2) is 25.2 Å². The standard InChI is InChI=1S/C15H21N3/c1-3-18(15-7-5-4-6-12(15)2)11-14(10-16)17-13-8-9-13/h4-7,13-14,17H,3,8-9,11H2,1-2H3. The van der Waals surface area contributed by atoms with Crippen molar-refractivity contribution in [1.82, 2.24) is 5.32 Å². The van der Waals surface area contributed by atoms with Crippen molar-refractivity contribution >= 4 is 5.69 Å².